The number of esters is 1. The molecule has 0 aliphatic heterocycles. The highest BCUT2D eigenvalue weighted by atomic mass is 19.4. The van der Waals surface area contributed by atoms with Crippen molar-refractivity contribution < 1.29 is 31.9 Å². The first kappa shape index (κ1) is 24.9. The predicted molar refractivity (Wildman–Crippen MR) is 125 cm³/mol. The van der Waals surface area contributed by atoms with Crippen LogP contribution in [0.15, 0.2) is 83.3 Å². The Bertz CT molecular complexity index is 1290. The molecule has 186 valence electrons. The number of rotatable bonds is 9. The third kappa shape index (κ3) is 6.48. The number of aromatic nitrogens is 2. The Morgan fingerprint density at radius 1 is 0.972 bits per heavy atom. The SMILES string of the molecule is CC(=O)OC(COCc1ccccc1)c1nnc(-c2ccccc2Nc2ccc(C(F)(F)F)cc2)o1. The quantitative estimate of drug-likeness (QED) is 0.271. The molecule has 1 atom stereocenters. The van der Waals surface area contributed by atoms with Crippen molar-refractivity contribution in [3.63, 3.8) is 0 Å². The van der Waals surface area contributed by atoms with Crippen molar-refractivity contribution in [2.75, 3.05) is 11.9 Å². The summed E-state index contributed by atoms with van der Waals surface area (Å²) >= 11 is 0. The van der Waals surface area contributed by atoms with E-state index in [9.17, 15) is 18.0 Å². The Morgan fingerprint density at radius 3 is 2.36 bits per heavy atom. The molecule has 0 saturated heterocycles. The molecular weight excluding hydrogens is 475 g/mol. The fourth-order valence-electron chi connectivity index (χ4n) is 3.36. The zero-order chi connectivity index (χ0) is 25.5. The van der Waals surface area contributed by atoms with Crippen molar-refractivity contribution in [2.24, 2.45) is 0 Å². The minimum Gasteiger partial charge on any atom is -0.450 e. The van der Waals surface area contributed by atoms with Gasteiger partial charge in [0.25, 0.3) is 5.89 Å². The highest BCUT2D eigenvalue weighted by Crippen LogP contribution is 2.33. The second-order valence-electron chi connectivity index (χ2n) is 7.79. The summed E-state index contributed by atoms with van der Waals surface area (Å²) in [6.45, 7) is 1.58. The molecule has 4 rings (SSSR count). The molecule has 7 nitrogen and oxygen atoms in total. The van der Waals surface area contributed by atoms with Gasteiger partial charge < -0.3 is 19.2 Å². The van der Waals surface area contributed by atoms with E-state index in [4.69, 9.17) is 13.9 Å². The molecule has 1 N–H and O–H groups in total. The van der Waals surface area contributed by atoms with Crippen molar-refractivity contribution in [1.82, 2.24) is 10.2 Å². The number of ether oxygens (including phenoxy) is 2. The van der Waals surface area contributed by atoms with E-state index in [-0.39, 0.29) is 18.4 Å². The second kappa shape index (κ2) is 11.0. The minimum atomic E-state index is -4.42. The van der Waals surface area contributed by atoms with E-state index in [2.05, 4.69) is 15.5 Å². The maximum atomic E-state index is 12.9. The van der Waals surface area contributed by atoms with Crippen LogP contribution < -0.4 is 5.32 Å². The molecule has 0 bridgehead atoms. The van der Waals surface area contributed by atoms with Crippen LogP contribution >= 0.6 is 0 Å². The average molecular weight is 497 g/mol. The van der Waals surface area contributed by atoms with Gasteiger partial charge in [0.15, 0.2) is 0 Å². The third-order valence-electron chi connectivity index (χ3n) is 5.05. The van der Waals surface area contributed by atoms with E-state index >= 15 is 0 Å². The smallest absolute Gasteiger partial charge is 0.416 e. The molecule has 0 fully saturated rings. The van der Waals surface area contributed by atoms with E-state index in [1.165, 1.54) is 19.1 Å². The van der Waals surface area contributed by atoms with Gasteiger partial charge in [0.1, 0.15) is 0 Å². The van der Waals surface area contributed by atoms with Crippen LogP contribution in [0.4, 0.5) is 24.5 Å². The summed E-state index contributed by atoms with van der Waals surface area (Å²) in [5.41, 5.74) is 1.71. The summed E-state index contributed by atoms with van der Waals surface area (Å²) in [5.74, 6) is -0.342. The molecule has 0 saturated carbocycles. The number of carbonyl (C=O) groups excluding carboxylic acids is 1. The molecule has 0 spiro atoms. The zero-order valence-electron chi connectivity index (χ0n) is 19.2. The number of hydrogen-bond acceptors (Lipinski definition) is 7. The van der Waals surface area contributed by atoms with Crippen molar-refractivity contribution >= 4 is 17.3 Å². The van der Waals surface area contributed by atoms with Crippen molar-refractivity contribution in [3.8, 4) is 11.5 Å². The molecule has 1 heterocycles. The van der Waals surface area contributed by atoms with Gasteiger partial charge in [-0.2, -0.15) is 13.2 Å². The van der Waals surface area contributed by atoms with E-state index in [0.717, 1.165) is 17.7 Å². The predicted octanol–water partition coefficient (Wildman–Crippen LogP) is 6.32. The number of hydrogen-bond donors (Lipinski definition) is 1. The van der Waals surface area contributed by atoms with Gasteiger partial charge in [-0.3, -0.25) is 4.79 Å². The Labute approximate surface area is 204 Å². The summed E-state index contributed by atoms with van der Waals surface area (Å²) < 4.78 is 55.4. The van der Waals surface area contributed by atoms with Gasteiger partial charge in [0.2, 0.25) is 12.0 Å². The number of halogens is 3. The van der Waals surface area contributed by atoms with E-state index in [1.54, 1.807) is 24.3 Å². The van der Waals surface area contributed by atoms with Gasteiger partial charge in [-0.1, -0.05) is 42.5 Å². The normalized spacial score (nSPS) is 12.2. The van der Waals surface area contributed by atoms with E-state index < -0.39 is 23.8 Å². The number of anilines is 2. The van der Waals surface area contributed by atoms with Crippen LogP contribution in [0.2, 0.25) is 0 Å². The van der Waals surface area contributed by atoms with Crippen molar-refractivity contribution in [1.29, 1.82) is 0 Å². The maximum absolute atomic E-state index is 12.9. The first-order valence-corrected chi connectivity index (χ1v) is 11.0. The molecule has 0 radical (unpaired) electrons. The van der Waals surface area contributed by atoms with Crippen LogP contribution in [0.3, 0.4) is 0 Å². The Hall–Kier alpha value is -4.18. The minimum absolute atomic E-state index is 0.00155. The highest BCUT2D eigenvalue weighted by Gasteiger charge is 2.30. The lowest BCUT2D eigenvalue weighted by Crippen LogP contribution is -2.15. The standard InChI is InChI=1S/C26H22F3N3O4/c1-17(33)35-23(16-34-15-18-7-3-2-4-8-18)25-32-31-24(36-25)21-9-5-6-10-22(21)30-20-13-11-19(12-14-20)26(27,28)29/h2-14,23,30H,15-16H2,1H3. The number of benzene rings is 3. The summed E-state index contributed by atoms with van der Waals surface area (Å²) in [6.07, 6.45) is -5.33. The molecule has 10 heteroatoms. The second-order valence-corrected chi connectivity index (χ2v) is 7.79. The van der Waals surface area contributed by atoms with Crippen molar-refractivity contribution in [2.45, 2.75) is 25.8 Å². The number of para-hydroxylation sites is 1. The van der Waals surface area contributed by atoms with Crippen LogP contribution in [0.1, 0.15) is 30.0 Å². The third-order valence-corrected chi connectivity index (χ3v) is 5.05. The van der Waals surface area contributed by atoms with Crippen LogP contribution in [0.5, 0.6) is 0 Å². The lowest BCUT2D eigenvalue weighted by molar-refractivity contribution is -0.151. The highest BCUT2D eigenvalue weighted by molar-refractivity contribution is 5.76. The summed E-state index contributed by atoms with van der Waals surface area (Å²) in [7, 11) is 0. The van der Waals surface area contributed by atoms with Crippen molar-refractivity contribution in [3.05, 3.63) is 95.9 Å². The average Bonchev–Trinajstić information content (AvgIpc) is 3.34. The number of nitrogens with zero attached hydrogens (tertiary/aromatic N) is 2. The Balaban J connectivity index is 1.50. The van der Waals surface area contributed by atoms with Crippen LogP contribution in [-0.4, -0.2) is 22.8 Å². The Morgan fingerprint density at radius 2 is 1.67 bits per heavy atom. The summed E-state index contributed by atoms with van der Waals surface area (Å²) in [5, 5.41) is 11.2. The number of nitrogens with one attached hydrogen (secondary N) is 1. The molecule has 0 amide bonds. The van der Waals surface area contributed by atoms with Gasteiger partial charge in [-0.15, -0.1) is 10.2 Å². The van der Waals surface area contributed by atoms with E-state index in [1.807, 2.05) is 30.3 Å². The van der Waals surface area contributed by atoms with Crippen LogP contribution in [-0.2, 0) is 27.1 Å². The number of alkyl halides is 3. The molecule has 0 aliphatic carbocycles. The Kier molecular flexibility index (Phi) is 7.65. The maximum Gasteiger partial charge on any atom is 0.416 e. The van der Waals surface area contributed by atoms with Gasteiger partial charge in [-0.25, -0.2) is 0 Å². The van der Waals surface area contributed by atoms with Gasteiger partial charge in [0.05, 0.1) is 30.0 Å². The fourth-order valence-corrected chi connectivity index (χ4v) is 3.36. The summed E-state index contributed by atoms with van der Waals surface area (Å²) in [6, 6.07) is 21.1. The van der Waals surface area contributed by atoms with Crippen LogP contribution in [0.25, 0.3) is 11.5 Å². The zero-order valence-corrected chi connectivity index (χ0v) is 19.2. The van der Waals surface area contributed by atoms with Gasteiger partial charge in [0, 0.05) is 12.6 Å². The fraction of sp³-hybridized carbons (Fsp3) is 0.192. The van der Waals surface area contributed by atoms with Gasteiger partial charge in [-0.05, 0) is 42.0 Å². The molecular formula is C26H22F3N3O4. The molecule has 3 aromatic carbocycles. The van der Waals surface area contributed by atoms with Crippen LogP contribution in [0, 0.1) is 0 Å². The van der Waals surface area contributed by atoms with E-state index in [0.29, 0.717) is 23.5 Å². The lowest BCUT2D eigenvalue weighted by atomic mass is 10.1. The molecule has 1 aromatic heterocycles. The monoisotopic (exact) mass is 497 g/mol. The number of carbonyl (C=O) groups is 1. The first-order valence-electron chi connectivity index (χ1n) is 11.0. The topological polar surface area (TPSA) is 86.5 Å². The molecule has 0 aliphatic rings. The van der Waals surface area contributed by atoms with Gasteiger partial charge >= 0.3 is 12.1 Å². The molecule has 36 heavy (non-hydrogen) atoms. The molecule has 4 aromatic rings. The first-order chi connectivity index (χ1) is 17.3. The largest absolute Gasteiger partial charge is 0.450 e. The lowest BCUT2D eigenvalue weighted by Gasteiger charge is -2.14. The molecule has 1 unspecified atom stereocenters. The summed E-state index contributed by atoms with van der Waals surface area (Å²) in [4.78, 5) is 11.6.